The number of thiazole rings is 1. The Morgan fingerprint density at radius 2 is 2.11 bits per heavy atom. The fourth-order valence-corrected chi connectivity index (χ4v) is 4.32. The number of rotatable bonds is 7. The van der Waals surface area contributed by atoms with Crippen LogP contribution in [-0.4, -0.2) is 11.5 Å². The molecule has 0 spiro atoms. The van der Waals surface area contributed by atoms with Crippen LogP contribution in [0.3, 0.4) is 0 Å². The van der Waals surface area contributed by atoms with E-state index in [0.29, 0.717) is 5.41 Å². The van der Waals surface area contributed by atoms with Gasteiger partial charge in [0.1, 0.15) is 0 Å². The van der Waals surface area contributed by atoms with Crippen LogP contribution in [0, 0.1) is 11.3 Å². The second kappa shape index (κ2) is 6.85. The Labute approximate surface area is 122 Å². The maximum absolute atomic E-state index is 4.43. The summed E-state index contributed by atoms with van der Waals surface area (Å²) in [4.78, 5) is 5.81. The van der Waals surface area contributed by atoms with E-state index in [1.165, 1.54) is 48.5 Å². The predicted octanol–water partition coefficient (Wildman–Crippen LogP) is 4.40. The van der Waals surface area contributed by atoms with Crippen molar-refractivity contribution < 1.29 is 0 Å². The van der Waals surface area contributed by atoms with Crippen molar-refractivity contribution in [3.63, 3.8) is 0 Å². The van der Waals surface area contributed by atoms with Crippen molar-refractivity contribution in [3.05, 3.63) is 16.1 Å². The Bertz CT molecular complexity index is 378. The Kier molecular flexibility index (Phi) is 5.40. The van der Waals surface area contributed by atoms with E-state index in [1.54, 1.807) is 0 Å². The molecule has 1 aliphatic carbocycles. The monoisotopic (exact) mass is 280 g/mol. The van der Waals surface area contributed by atoms with Crippen LogP contribution in [0.2, 0.25) is 0 Å². The van der Waals surface area contributed by atoms with E-state index >= 15 is 0 Å². The lowest BCUT2D eigenvalue weighted by molar-refractivity contribution is 0.224. The van der Waals surface area contributed by atoms with E-state index in [0.717, 1.165) is 18.9 Å². The van der Waals surface area contributed by atoms with Gasteiger partial charge in [0.25, 0.3) is 0 Å². The first kappa shape index (κ1) is 15.0. The molecule has 0 atom stereocenters. The van der Waals surface area contributed by atoms with E-state index in [-0.39, 0.29) is 0 Å². The van der Waals surface area contributed by atoms with Gasteiger partial charge in [-0.15, -0.1) is 11.3 Å². The van der Waals surface area contributed by atoms with Crippen LogP contribution < -0.4 is 5.32 Å². The summed E-state index contributed by atoms with van der Waals surface area (Å²) >= 11 is 1.85. The Morgan fingerprint density at radius 3 is 2.68 bits per heavy atom. The first-order valence-corrected chi connectivity index (χ1v) is 8.59. The molecule has 0 aliphatic heterocycles. The van der Waals surface area contributed by atoms with Crippen molar-refractivity contribution in [1.82, 2.24) is 10.3 Å². The van der Waals surface area contributed by atoms with E-state index in [9.17, 15) is 0 Å². The van der Waals surface area contributed by atoms with Gasteiger partial charge in [-0.2, -0.15) is 0 Å². The summed E-state index contributed by atoms with van der Waals surface area (Å²) in [5.74, 6) is 0.815. The molecule has 1 fully saturated rings. The van der Waals surface area contributed by atoms with E-state index in [2.05, 4.69) is 31.1 Å². The fraction of sp³-hybridized carbons (Fsp3) is 0.812. The number of hydrogen-bond acceptors (Lipinski definition) is 3. The van der Waals surface area contributed by atoms with Gasteiger partial charge in [-0.3, -0.25) is 0 Å². The van der Waals surface area contributed by atoms with Gasteiger partial charge in [0, 0.05) is 24.2 Å². The predicted molar refractivity (Wildman–Crippen MR) is 83.6 cm³/mol. The Morgan fingerprint density at radius 1 is 1.37 bits per heavy atom. The quantitative estimate of drug-likeness (QED) is 0.800. The van der Waals surface area contributed by atoms with Gasteiger partial charge in [0.2, 0.25) is 0 Å². The van der Waals surface area contributed by atoms with Crippen LogP contribution >= 0.6 is 11.3 Å². The molecule has 0 bridgehead atoms. The van der Waals surface area contributed by atoms with Gasteiger partial charge < -0.3 is 5.32 Å². The van der Waals surface area contributed by atoms with E-state index in [4.69, 9.17) is 0 Å². The fourth-order valence-electron chi connectivity index (χ4n) is 3.49. The maximum Gasteiger partial charge on any atom is 0.0925 e. The molecule has 1 heterocycles. The molecule has 1 aliphatic rings. The lowest BCUT2D eigenvalue weighted by atomic mass is 9.78. The van der Waals surface area contributed by atoms with E-state index in [1.807, 2.05) is 17.5 Å². The zero-order valence-electron chi connectivity index (χ0n) is 12.7. The summed E-state index contributed by atoms with van der Waals surface area (Å²) in [5, 5.41) is 4.96. The minimum Gasteiger partial charge on any atom is -0.311 e. The standard InChI is InChI=1S/C16H28N2S/c1-4-15-18-11-14(19-15)10-17-12-16(9-13(2)3)7-5-6-8-16/h11,13,17H,4-10,12H2,1-3H3. The van der Waals surface area contributed by atoms with Crippen molar-refractivity contribution in [3.8, 4) is 0 Å². The molecule has 1 aromatic rings. The molecule has 0 aromatic carbocycles. The molecule has 2 nitrogen and oxygen atoms in total. The van der Waals surface area contributed by atoms with Crippen LogP contribution in [0.1, 0.15) is 62.8 Å². The summed E-state index contributed by atoms with van der Waals surface area (Å²) in [6.45, 7) is 9.07. The molecule has 1 saturated carbocycles. The Hall–Kier alpha value is -0.410. The van der Waals surface area contributed by atoms with Crippen LogP contribution in [0.25, 0.3) is 0 Å². The van der Waals surface area contributed by atoms with Crippen molar-refractivity contribution in [2.45, 2.75) is 65.8 Å². The highest BCUT2D eigenvalue weighted by Gasteiger charge is 2.33. The van der Waals surface area contributed by atoms with Gasteiger partial charge in [0.15, 0.2) is 0 Å². The topological polar surface area (TPSA) is 24.9 Å². The molecule has 0 amide bonds. The molecule has 2 rings (SSSR count). The second-order valence-corrected chi connectivity index (χ2v) is 7.68. The molecule has 108 valence electrons. The Balaban J connectivity index is 1.82. The maximum atomic E-state index is 4.43. The van der Waals surface area contributed by atoms with Crippen LogP contribution in [0.15, 0.2) is 6.20 Å². The van der Waals surface area contributed by atoms with Crippen molar-refractivity contribution in [2.24, 2.45) is 11.3 Å². The number of nitrogens with one attached hydrogen (secondary N) is 1. The number of aryl methyl sites for hydroxylation is 1. The minimum absolute atomic E-state index is 0.576. The van der Waals surface area contributed by atoms with E-state index < -0.39 is 0 Å². The zero-order valence-corrected chi connectivity index (χ0v) is 13.5. The molecular formula is C16H28N2S. The molecule has 1 N–H and O–H groups in total. The number of aromatic nitrogens is 1. The van der Waals surface area contributed by atoms with Crippen molar-refractivity contribution in [1.29, 1.82) is 0 Å². The van der Waals surface area contributed by atoms with Crippen LogP contribution in [0.4, 0.5) is 0 Å². The summed E-state index contributed by atoms with van der Waals surface area (Å²) < 4.78 is 0. The van der Waals surface area contributed by atoms with Crippen LogP contribution in [0.5, 0.6) is 0 Å². The summed E-state index contributed by atoms with van der Waals surface area (Å²) in [7, 11) is 0. The summed E-state index contributed by atoms with van der Waals surface area (Å²) in [5.41, 5.74) is 0.576. The highest BCUT2D eigenvalue weighted by atomic mass is 32.1. The highest BCUT2D eigenvalue weighted by molar-refractivity contribution is 7.11. The normalized spacial score (nSPS) is 18.3. The average molecular weight is 280 g/mol. The van der Waals surface area contributed by atoms with Crippen molar-refractivity contribution in [2.75, 3.05) is 6.54 Å². The third-order valence-corrected chi connectivity index (χ3v) is 5.35. The first-order valence-electron chi connectivity index (χ1n) is 7.78. The molecule has 0 unspecified atom stereocenters. The SMILES string of the molecule is CCc1ncc(CNCC2(CC(C)C)CCCC2)s1. The summed E-state index contributed by atoms with van der Waals surface area (Å²) in [6.07, 6.45) is 10.2. The molecule has 0 saturated heterocycles. The summed E-state index contributed by atoms with van der Waals surface area (Å²) in [6, 6.07) is 0. The highest BCUT2D eigenvalue weighted by Crippen LogP contribution is 2.42. The molecular weight excluding hydrogens is 252 g/mol. The molecule has 3 heteroatoms. The molecule has 19 heavy (non-hydrogen) atoms. The average Bonchev–Trinajstić information content (AvgIpc) is 2.98. The third-order valence-electron chi connectivity index (χ3n) is 4.21. The number of nitrogens with zero attached hydrogens (tertiary/aromatic N) is 1. The lowest BCUT2D eigenvalue weighted by Crippen LogP contribution is -2.32. The van der Waals surface area contributed by atoms with Gasteiger partial charge >= 0.3 is 0 Å². The van der Waals surface area contributed by atoms with Gasteiger partial charge in [-0.05, 0) is 37.0 Å². The second-order valence-electron chi connectivity index (χ2n) is 6.48. The first-order chi connectivity index (χ1) is 9.13. The molecule has 1 aromatic heterocycles. The van der Waals surface area contributed by atoms with Gasteiger partial charge in [-0.25, -0.2) is 4.98 Å². The third kappa shape index (κ3) is 4.28. The van der Waals surface area contributed by atoms with Gasteiger partial charge in [0.05, 0.1) is 5.01 Å². The largest absolute Gasteiger partial charge is 0.311 e. The zero-order chi connectivity index (χ0) is 13.7. The van der Waals surface area contributed by atoms with Crippen LogP contribution in [-0.2, 0) is 13.0 Å². The lowest BCUT2D eigenvalue weighted by Gasteiger charge is -2.31. The smallest absolute Gasteiger partial charge is 0.0925 e. The van der Waals surface area contributed by atoms with Crippen molar-refractivity contribution >= 4 is 11.3 Å². The van der Waals surface area contributed by atoms with Gasteiger partial charge in [-0.1, -0.05) is 33.6 Å². The number of hydrogen-bond donors (Lipinski definition) is 1. The minimum atomic E-state index is 0.576. The molecule has 0 radical (unpaired) electrons.